The Bertz CT molecular complexity index is 446. The molecule has 2 amide bonds. The topological polar surface area (TPSA) is 41.1 Å². The molecule has 0 aromatic heterocycles. The van der Waals surface area contributed by atoms with Crippen molar-refractivity contribution in [2.45, 2.75) is 6.92 Å². The smallest absolute Gasteiger partial charge is 0.312 e. The van der Waals surface area contributed by atoms with Gasteiger partial charge in [-0.05, 0) is 19.1 Å². The van der Waals surface area contributed by atoms with E-state index >= 15 is 0 Å². The van der Waals surface area contributed by atoms with E-state index in [4.69, 9.17) is 0 Å². The van der Waals surface area contributed by atoms with Crippen LogP contribution in [0, 0.1) is 17.5 Å². The van der Waals surface area contributed by atoms with Crippen LogP contribution in [0.25, 0.3) is 0 Å². The highest BCUT2D eigenvalue weighted by Crippen LogP contribution is 2.19. The monoisotopic (exact) mass is 230 g/mol. The van der Waals surface area contributed by atoms with Crippen LogP contribution in [-0.4, -0.2) is 6.03 Å². The number of amides is 2. The second kappa shape index (κ2) is 4.69. The van der Waals surface area contributed by atoms with Gasteiger partial charge in [0.05, 0.1) is 5.69 Å². The Balaban J connectivity index is 2.86. The number of rotatable bonds is 2. The number of anilines is 1. The van der Waals surface area contributed by atoms with Crippen molar-refractivity contribution in [1.82, 2.24) is 5.32 Å². The number of carbonyl (C=O) groups excluding carboxylic acids is 1. The fourth-order valence-electron chi connectivity index (χ4n) is 0.970. The van der Waals surface area contributed by atoms with E-state index in [1.807, 2.05) is 5.32 Å². The molecule has 0 bridgehead atoms. The first-order valence-electron chi connectivity index (χ1n) is 4.29. The normalized spacial score (nSPS) is 9.75. The molecule has 16 heavy (non-hydrogen) atoms. The van der Waals surface area contributed by atoms with Gasteiger partial charge in [0.1, 0.15) is 0 Å². The highest BCUT2D eigenvalue weighted by Gasteiger charge is 2.14. The lowest BCUT2D eigenvalue weighted by atomic mass is 10.3. The minimum absolute atomic E-state index is 0.334. The molecule has 0 unspecified atom stereocenters. The summed E-state index contributed by atoms with van der Waals surface area (Å²) >= 11 is 0. The summed E-state index contributed by atoms with van der Waals surface area (Å²) in [6, 6.07) is 0.859. The molecule has 0 atom stereocenters. The van der Waals surface area contributed by atoms with Crippen LogP contribution < -0.4 is 10.6 Å². The molecular weight excluding hydrogens is 221 g/mol. The average molecular weight is 230 g/mol. The maximum atomic E-state index is 13.1. The molecular formula is C10H9F3N2O. The second-order valence-electron chi connectivity index (χ2n) is 3.08. The zero-order chi connectivity index (χ0) is 12.3. The third kappa shape index (κ3) is 2.75. The van der Waals surface area contributed by atoms with Gasteiger partial charge >= 0.3 is 6.03 Å². The van der Waals surface area contributed by atoms with Gasteiger partial charge in [0, 0.05) is 5.70 Å². The Labute approximate surface area is 90.0 Å². The Kier molecular flexibility index (Phi) is 3.55. The molecule has 0 spiro atoms. The molecule has 1 rings (SSSR count). The Morgan fingerprint density at radius 2 is 1.88 bits per heavy atom. The number of carbonyl (C=O) groups is 1. The second-order valence-corrected chi connectivity index (χ2v) is 3.08. The summed E-state index contributed by atoms with van der Waals surface area (Å²) in [6.07, 6.45) is 0. The Hall–Kier alpha value is -1.98. The van der Waals surface area contributed by atoms with Crippen LogP contribution in [-0.2, 0) is 0 Å². The van der Waals surface area contributed by atoms with Crippen molar-refractivity contribution >= 4 is 11.7 Å². The summed E-state index contributed by atoms with van der Waals surface area (Å²) < 4.78 is 38.4. The van der Waals surface area contributed by atoms with Crippen molar-refractivity contribution < 1.29 is 18.0 Å². The average Bonchev–Trinajstić information content (AvgIpc) is 2.18. The van der Waals surface area contributed by atoms with Crippen LogP contribution in [0.4, 0.5) is 23.7 Å². The van der Waals surface area contributed by atoms with Gasteiger partial charge in [0.15, 0.2) is 17.5 Å². The largest absolute Gasteiger partial charge is 0.323 e. The van der Waals surface area contributed by atoms with E-state index in [0.29, 0.717) is 5.70 Å². The van der Waals surface area contributed by atoms with Crippen LogP contribution in [0.15, 0.2) is 24.4 Å². The number of nitrogens with one attached hydrogen (secondary N) is 2. The van der Waals surface area contributed by atoms with Gasteiger partial charge in [0.2, 0.25) is 0 Å². The lowest BCUT2D eigenvalue weighted by molar-refractivity contribution is 0.254. The van der Waals surface area contributed by atoms with E-state index in [0.717, 1.165) is 12.1 Å². The molecule has 1 aromatic rings. The molecule has 0 aliphatic rings. The van der Waals surface area contributed by atoms with Crippen molar-refractivity contribution in [2.24, 2.45) is 0 Å². The molecule has 0 radical (unpaired) electrons. The predicted molar refractivity (Wildman–Crippen MR) is 53.3 cm³/mol. The number of benzene rings is 1. The molecule has 86 valence electrons. The van der Waals surface area contributed by atoms with Crippen molar-refractivity contribution in [3.63, 3.8) is 0 Å². The van der Waals surface area contributed by atoms with Crippen LogP contribution >= 0.6 is 0 Å². The third-order valence-corrected chi connectivity index (χ3v) is 1.61. The Morgan fingerprint density at radius 1 is 1.25 bits per heavy atom. The molecule has 6 heteroatoms. The zero-order valence-corrected chi connectivity index (χ0v) is 8.40. The van der Waals surface area contributed by atoms with E-state index < -0.39 is 29.2 Å². The highest BCUT2D eigenvalue weighted by atomic mass is 19.2. The van der Waals surface area contributed by atoms with Gasteiger partial charge in [-0.2, -0.15) is 0 Å². The maximum Gasteiger partial charge on any atom is 0.323 e. The van der Waals surface area contributed by atoms with Crippen LogP contribution in [0.1, 0.15) is 6.92 Å². The first-order valence-corrected chi connectivity index (χ1v) is 4.29. The third-order valence-electron chi connectivity index (χ3n) is 1.61. The van der Waals surface area contributed by atoms with Crippen LogP contribution in [0.5, 0.6) is 0 Å². The molecule has 3 nitrogen and oxygen atoms in total. The fourth-order valence-corrected chi connectivity index (χ4v) is 0.970. The molecule has 0 saturated carbocycles. The summed E-state index contributed by atoms with van der Waals surface area (Å²) in [7, 11) is 0. The van der Waals surface area contributed by atoms with Crippen molar-refractivity contribution in [3.05, 3.63) is 41.9 Å². The molecule has 2 N–H and O–H groups in total. The lowest BCUT2D eigenvalue weighted by Gasteiger charge is -2.08. The lowest BCUT2D eigenvalue weighted by Crippen LogP contribution is -2.27. The minimum Gasteiger partial charge on any atom is -0.312 e. The Morgan fingerprint density at radius 3 is 2.44 bits per heavy atom. The molecule has 1 aromatic carbocycles. The summed E-state index contributed by atoms with van der Waals surface area (Å²) in [6.45, 7) is 4.91. The SMILES string of the molecule is C=C(C)NC(=O)Nc1ccc(F)c(F)c1F. The van der Waals surface area contributed by atoms with Crippen molar-refractivity contribution in [3.8, 4) is 0 Å². The summed E-state index contributed by atoms with van der Waals surface area (Å²) in [5.41, 5.74) is -0.113. The number of halogens is 3. The number of allylic oxidation sites excluding steroid dienone is 1. The molecule has 0 heterocycles. The van der Waals surface area contributed by atoms with Gasteiger partial charge in [-0.1, -0.05) is 6.58 Å². The zero-order valence-electron chi connectivity index (χ0n) is 8.40. The van der Waals surface area contributed by atoms with Gasteiger partial charge < -0.3 is 10.6 Å². The van der Waals surface area contributed by atoms with Crippen LogP contribution in [0.2, 0.25) is 0 Å². The first kappa shape index (κ1) is 12.1. The first-order chi connectivity index (χ1) is 7.41. The van der Waals surface area contributed by atoms with E-state index in [9.17, 15) is 18.0 Å². The van der Waals surface area contributed by atoms with E-state index in [1.165, 1.54) is 6.92 Å². The molecule has 0 fully saturated rings. The molecule has 0 aliphatic heterocycles. The number of hydrogen-bond acceptors (Lipinski definition) is 1. The van der Waals surface area contributed by atoms with E-state index in [1.54, 1.807) is 0 Å². The van der Waals surface area contributed by atoms with Crippen molar-refractivity contribution in [2.75, 3.05) is 5.32 Å². The van der Waals surface area contributed by atoms with Crippen LogP contribution in [0.3, 0.4) is 0 Å². The minimum atomic E-state index is -1.63. The summed E-state index contributed by atoms with van der Waals surface area (Å²) in [5.74, 6) is -4.40. The standard InChI is InChI=1S/C10H9F3N2O/c1-5(2)14-10(16)15-7-4-3-6(11)8(12)9(7)13/h3-4H,1H2,2H3,(H2,14,15,16). The molecule has 0 saturated heterocycles. The summed E-state index contributed by atoms with van der Waals surface area (Å²) in [4.78, 5) is 11.1. The predicted octanol–water partition coefficient (Wildman–Crippen LogP) is 2.76. The van der Waals surface area contributed by atoms with Gasteiger partial charge in [-0.25, -0.2) is 18.0 Å². The van der Waals surface area contributed by atoms with Gasteiger partial charge in [-0.3, -0.25) is 0 Å². The van der Waals surface area contributed by atoms with E-state index in [2.05, 4.69) is 11.9 Å². The number of hydrogen-bond donors (Lipinski definition) is 2. The maximum absolute atomic E-state index is 13.1. The molecule has 0 aliphatic carbocycles. The quantitative estimate of drug-likeness (QED) is 0.753. The summed E-state index contributed by atoms with van der Waals surface area (Å²) in [5, 5.41) is 4.24. The fraction of sp³-hybridized carbons (Fsp3) is 0.100. The van der Waals surface area contributed by atoms with Gasteiger partial charge in [0.25, 0.3) is 0 Å². The van der Waals surface area contributed by atoms with Crippen molar-refractivity contribution in [1.29, 1.82) is 0 Å². The highest BCUT2D eigenvalue weighted by molar-refractivity contribution is 5.90. The van der Waals surface area contributed by atoms with Gasteiger partial charge in [-0.15, -0.1) is 0 Å². The van der Waals surface area contributed by atoms with E-state index in [-0.39, 0.29) is 0 Å². The number of urea groups is 1.